The Morgan fingerprint density at radius 2 is 2.03 bits per heavy atom. The van der Waals surface area contributed by atoms with Gasteiger partial charge in [-0.15, -0.1) is 0 Å². The van der Waals surface area contributed by atoms with E-state index in [1.165, 1.54) is 0 Å². The van der Waals surface area contributed by atoms with Gasteiger partial charge in [0.05, 0.1) is 25.0 Å². The zero-order chi connectivity index (χ0) is 23.5. The summed E-state index contributed by atoms with van der Waals surface area (Å²) in [5.41, 5.74) is 2.80. The molecule has 0 saturated carbocycles. The summed E-state index contributed by atoms with van der Waals surface area (Å²) < 4.78 is 16.7. The van der Waals surface area contributed by atoms with Gasteiger partial charge in [0.25, 0.3) is 0 Å². The molecule has 1 unspecified atom stereocenters. The van der Waals surface area contributed by atoms with Crippen LogP contribution in [0.1, 0.15) is 44.6 Å². The van der Waals surface area contributed by atoms with Crippen LogP contribution in [0.3, 0.4) is 0 Å². The molecular formula is C25H31ClN2O5. The highest BCUT2D eigenvalue weighted by molar-refractivity contribution is 6.35. The maximum atomic E-state index is 12.9. The summed E-state index contributed by atoms with van der Waals surface area (Å²) in [7, 11) is 3.31. The quantitative estimate of drug-likeness (QED) is 0.603. The third kappa shape index (κ3) is 5.89. The van der Waals surface area contributed by atoms with Crippen LogP contribution in [0.2, 0.25) is 5.02 Å². The number of carbonyl (C=O) groups excluding carboxylic acids is 2. The molecule has 3 aliphatic heterocycles. The molecule has 2 fully saturated rings. The first-order valence-corrected chi connectivity index (χ1v) is 11.8. The van der Waals surface area contributed by atoms with Crippen LogP contribution in [0.15, 0.2) is 35.9 Å². The van der Waals surface area contributed by atoms with Gasteiger partial charge in [-0.05, 0) is 43.9 Å². The van der Waals surface area contributed by atoms with E-state index in [0.717, 1.165) is 24.0 Å². The van der Waals surface area contributed by atoms with Gasteiger partial charge < -0.3 is 24.4 Å². The number of nitrogens with one attached hydrogen (secondary N) is 1. The molecule has 0 radical (unpaired) electrons. The average Bonchev–Trinajstić information content (AvgIpc) is 3.52. The van der Waals surface area contributed by atoms with Crippen molar-refractivity contribution in [1.82, 2.24) is 5.32 Å². The topological polar surface area (TPSA) is 80.4 Å². The fraction of sp³-hybridized carbons (Fsp3) is 0.520. The van der Waals surface area contributed by atoms with Crippen molar-refractivity contribution < 1.29 is 23.8 Å². The smallest absolute Gasteiger partial charge is 0.407 e. The van der Waals surface area contributed by atoms with Gasteiger partial charge >= 0.3 is 6.09 Å². The van der Waals surface area contributed by atoms with Crippen molar-refractivity contribution in [3.63, 3.8) is 0 Å². The van der Waals surface area contributed by atoms with Crippen molar-refractivity contribution in [1.29, 1.82) is 0 Å². The van der Waals surface area contributed by atoms with Crippen molar-refractivity contribution in [3.05, 3.63) is 46.5 Å². The molecule has 8 heteroatoms. The normalized spacial score (nSPS) is 30.9. The first-order valence-electron chi connectivity index (χ1n) is 11.4. The largest absolute Gasteiger partial charge is 0.495 e. The number of benzene rings is 1. The number of rotatable bonds is 1. The van der Waals surface area contributed by atoms with Crippen molar-refractivity contribution in [2.45, 2.75) is 69.8 Å². The second-order valence-electron chi connectivity index (χ2n) is 9.03. The van der Waals surface area contributed by atoms with Gasteiger partial charge in [0.1, 0.15) is 16.9 Å². The van der Waals surface area contributed by atoms with E-state index in [2.05, 4.69) is 24.4 Å². The van der Waals surface area contributed by atoms with Crippen molar-refractivity contribution in [2.75, 3.05) is 19.1 Å². The second-order valence-corrected chi connectivity index (χ2v) is 9.41. The van der Waals surface area contributed by atoms with Gasteiger partial charge in [-0.1, -0.05) is 35.4 Å². The molecule has 2 amide bonds. The molecule has 178 valence electrons. The predicted molar refractivity (Wildman–Crippen MR) is 127 cm³/mol. The summed E-state index contributed by atoms with van der Waals surface area (Å²) in [6.07, 6.45) is 9.45. The Hall–Kier alpha value is -2.51. The second kappa shape index (κ2) is 10.2. The van der Waals surface area contributed by atoms with Crippen LogP contribution in [0.4, 0.5) is 10.5 Å². The van der Waals surface area contributed by atoms with E-state index in [1.54, 1.807) is 19.1 Å². The molecule has 0 spiro atoms. The molecule has 3 aliphatic rings. The molecular weight excluding hydrogens is 444 g/mol. The van der Waals surface area contributed by atoms with Gasteiger partial charge in [-0.25, -0.2) is 4.79 Å². The molecule has 1 aromatic rings. The number of halogens is 1. The Kier molecular flexibility index (Phi) is 7.29. The van der Waals surface area contributed by atoms with Crippen LogP contribution in [0, 0.1) is 0 Å². The Balaban J connectivity index is 1.58. The number of methoxy groups -OCH3 is 1. The van der Waals surface area contributed by atoms with Gasteiger partial charge in [0, 0.05) is 32.4 Å². The number of hydrogen-bond donors (Lipinski definition) is 1. The van der Waals surface area contributed by atoms with Crippen LogP contribution in [-0.2, 0) is 20.7 Å². The summed E-state index contributed by atoms with van der Waals surface area (Å²) in [6.45, 7) is 2.06. The molecule has 0 aliphatic carbocycles. The first kappa shape index (κ1) is 23.6. The van der Waals surface area contributed by atoms with E-state index in [-0.39, 0.29) is 36.4 Å². The molecule has 1 aromatic carbocycles. The number of alkyl carbamates (subject to hydrolysis) is 1. The Bertz CT molecular complexity index is 976. The molecule has 33 heavy (non-hydrogen) atoms. The minimum absolute atomic E-state index is 0.0135. The van der Waals surface area contributed by atoms with Crippen LogP contribution < -0.4 is 15.0 Å². The number of ether oxygens (including phenoxy) is 3. The maximum Gasteiger partial charge on any atom is 0.407 e. The van der Waals surface area contributed by atoms with Crippen molar-refractivity contribution >= 4 is 29.3 Å². The van der Waals surface area contributed by atoms with E-state index in [0.29, 0.717) is 42.1 Å². The standard InChI is InChI=1S/C25H31ClN2O5/c1-15-6-4-5-7-17-13-18(32-25(30)27-17)14-21-20(33-21)8-9-23(29)28(2)19-11-16(10-15)12-22(31-3)24(19)26/h4-6,11-12,17-18,20-21H,7-10,13-14H2,1-3H3,(H,27,30)/b5-4+,15-6+/t17?,18-,20-,21-/m0/s1. The summed E-state index contributed by atoms with van der Waals surface area (Å²) in [6, 6.07) is 3.90. The van der Waals surface area contributed by atoms with E-state index >= 15 is 0 Å². The van der Waals surface area contributed by atoms with Gasteiger partial charge in [0.15, 0.2) is 0 Å². The Labute approximate surface area is 199 Å². The summed E-state index contributed by atoms with van der Waals surface area (Å²) in [5.74, 6) is 0.512. The lowest BCUT2D eigenvalue weighted by Crippen LogP contribution is -2.45. The van der Waals surface area contributed by atoms with E-state index < -0.39 is 0 Å². The van der Waals surface area contributed by atoms with Crippen LogP contribution in [-0.4, -0.2) is 50.5 Å². The number of carbonyl (C=O) groups is 2. The van der Waals surface area contributed by atoms with E-state index in [4.69, 9.17) is 25.8 Å². The number of anilines is 1. The number of allylic oxidation sites excluding steroid dienone is 3. The SMILES string of the molecule is COc1cc2cc(c1Cl)N(C)C(=O)CC[C@@H]1O[C@H]1C[C@@H]1CC(C/C=C/C=C(\C)C2)NC(=O)O1. The Morgan fingerprint density at radius 1 is 1.21 bits per heavy atom. The van der Waals surface area contributed by atoms with Crippen molar-refractivity contribution in [2.24, 2.45) is 0 Å². The first-order chi connectivity index (χ1) is 15.8. The van der Waals surface area contributed by atoms with Gasteiger partial charge in [-0.2, -0.15) is 0 Å². The highest BCUT2D eigenvalue weighted by Gasteiger charge is 2.42. The lowest BCUT2D eigenvalue weighted by Gasteiger charge is -2.29. The van der Waals surface area contributed by atoms with Crippen LogP contribution >= 0.6 is 11.6 Å². The number of amides is 2. The van der Waals surface area contributed by atoms with Gasteiger partial charge in [-0.3, -0.25) is 4.79 Å². The molecule has 1 N–H and O–H groups in total. The third-order valence-electron chi connectivity index (χ3n) is 6.42. The average molecular weight is 475 g/mol. The fourth-order valence-electron chi connectivity index (χ4n) is 4.53. The highest BCUT2D eigenvalue weighted by atomic mass is 35.5. The molecule has 4 bridgehead atoms. The van der Waals surface area contributed by atoms with Crippen LogP contribution in [0.5, 0.6) is 5.75 Å². The lowest BCUT2D eigenvalue weighted by atomic mass is 9.99. The molecule has 3 heterocycles. The lowest BCUT2D eigenvalue weighted by molar-refractivity contribution is -0.118. The number of fused-ring (bicyclic) bond motifs is 5. The minimum Gasteiger partial charge on any atom is -0.495 e. The van der Waals surface area contributed by atoms with Crippen molar-refractivity contribution in [3.8, 4) is 5.75 Å². The number of hydrogen-bond acceptors (Lipinski definition) is 5. The molecule has 7 nitrogen and oxygen atoms in total. The maximum absolute atomic E-state index is 12.9. The van der Waals surface area contributed by atoms with E-state index in [1.807, 2.05) is 18.2 Å². The molecule has 2 saturated heterocycles. The molecule has 0 aromatic heterocycles. The highest BCUT2D eigenvalue weighted by Crippen LogP contribution is 2.38. The minimum atomic E-state index is -0.374. The summed E-state index contributed by atoms with van der Waals surface area (Å²) >= 11 is 6.55. The van der Waals surface area contributed by atoms with Gasteiger partial charge in [0.2, 0.25) is 5.91 Å². The zero-order valence-electron chi connectivity index (χ0n) is 19.3. The monoisotopic (exact) mass is 474 g/mol. The molecule has 4 rings (SSSR count). The number of epoxide rings is 1. The van der Waals surface area contributed by atoms with Crippen LogP contribution in [0.25, 0.3) is 0 Å². The third-order valence-corrected chi connectivity index (χ3v) is 6.80. The van der Waals surface area contributed by atoms with E-state index in [9.17, 15) is 9.59 Å². The molecule has 4 atom stereocenters. The predicted octanol–water partition coefficient (Wildman–Crippen LogP) is 4.56. The number of nitrogens with zero attached hydrogens (tertiary/aromatic N) is 1. The zero-order valence-corrected chi connectivity index (χ0v) is 20.1. The summed E-state index contributed by atoms with van der Waals surface area (Å²) in [5, 5.41) is 3.32. The fourth-order valence-corrected chi connectivity index (χ4v) is 4.85. The summed E-state index contributed by atoms with van der Waals surface area (Å²) in [4.78, 5) is 26.5. The Morgan fingerprint density at radius 3 is 2.82 bits per heavy atom.